The maximum absolute atomic E-state index is 7.80. The summed E-state index contributed by atoms with van der Waals surface area (Å²) in [7, 11) is 0. The summed E-state index contributed by atoms with van der Waals surface area (Å²) in [5, 5.41) is 0. The summed E-state index contributed by atoms with van der Waals surface area (Å²) >= 11 is 0. The second-order valence-corrected chi connectivity index (χ2v) is 7.49. The van der Waals surface area contributed by atoms with E-state index in [0.29, 0.717) is 11.8 Å². The summed E-state index contributed by atoms with van der Waals surface area (Å²) in [5.41, 5.74) is 0.137. The van der Waals surface area contributed by atoms with Crippen molar-refractivity contribution in [2.24, 2.45) is 29.1 Å². The zero-order chi connectivity index (χ0) is 11.6. The van der Waals surface area contributed by atoms with E-state index in [1.165, 1.54) is 32.1 Å². The zero-order valence-corrected chi connectivity index (χ0v) is 10.8. The first-order chi connectivity index (χ1) is 7.47. The minimum absolute atomic E-state index is 0.0274. The van der Waals surface area contributed by atoms with Crippen LogP contribution in [0.5, 0.6) is 0 Å². The molecule has 88 valence electrons. The molecule has 0 aliphatic heterocycles. The smallest absolute Gasteiger partial charge is 0.242 e. The molecule has 4 bridgehead atoms. The largest absolute Gasteiger partial charge is 0.309 e. The van der Waals surface area contributed by atoms with Gasteiger partial charge in [0.05, 0.1) is 0 Å². The van der Waals surface area contributed by atoms with Crippen molar-refractivity contribution >= 4 is 0 Å². The molecule has 4 fully saturated rings. The third kappa shape index (κ3) is 1.11. The van der Waals surface area contributed by atoms with Gasteiger partial charge in [-0.05, 0) is 43.9 Å². The fourth-order valence-electron chi connectivity index (χ4n) is 5.48. The van der Waals surface area contributed by atoms with E-state index in [0.717, 1.165) is 11.8 Å². The predicted octanol–water partition coefficient (Wildman–Crippen LogP) is 4.15. The quantitative estimate of drug-likeness (QED) is 0.537. The predicted molar refractivity (Wildman–Crippen MR) is 65.8 cm³/mol. The molecule has 1 nitrogen and oxygen atoms in total. The molecule has 0 radical (unpaired) electrons. The number of hydrogen-bond donors (Lipinski definition) is 0. The molecule has 0 unspecified atom stereocenters. The van der Waals surface area contributed by atoms with E-state index < -0.39 is 0 Å². The van der Waals surface area contributed by atoms with Gasteiger partial charge in [-0.3, -0.25) is 0 Å². The molecule has 0 aromatic carbocycles. The van der Waals surface area contributed by atoms with Crippen molar-refractivity contribution in [1.82, 2.24) is 0 Å². The van der Waals surface area contributed by atoms with E-state index in [1.807, 2.05) is 0 Å². The molecule has 16 heavy (non-hydrogen) atoms. The van der Waals surface area contributed by atoms with Gasteiger partial charge in [-0.15, -0.1) is 0 Å². The Morgan fingerprint density at radius 2 is 1.38 bits per heavy atom. The Morgan fingerprint density at radius 1 is 0.938 bits per heavy atom. The van der Waals surface area contributed by atoms with Gasteiger partial charge in [-0.25, -0.2) is 6.57 Å². The molecule has 0 N–H and O–H groups in total. The van der Waals surface area contributed by atoms with Gasteiger partial charge < -0.3 is 4.85 Å². The SMILES string of the molecule is [C-]#[N+]C1(C(C)(C)C)C2CC3CC(C2)CC1C3. The summed E-state index contributed by atoms with van der Waals surface area (Å²) in [6.45, 7) is 14.7. The lowest BCUT2D eigenvalue weighted by molar-refractivity contribution is -0.0813. The topological polar surface area (TPSA) is 4.36 Å². The van der Waals surface area contributed by atoms with Crippen LogP contribution in [0, 0.1) is 35.7 Å². The molecule has 1 heteroatoms. The molecule has 0 aromatic rings. The molecule has 4 rings (SSSR count). The maximum atomic E-state index is 7.80. The second-order valence-electron chi connectivity index (χ2n) is 7.49. The van der Waals surface area contributed by atoms with Crippen LogP contribution >= 0.6 is 0 Å². The Bertz CT molecular complexity index is 313. The summed E-state index contributed by atoms with van der Waals surface area (Å²) in [5.74, 6) is 3.36. The summed E-state index contributed by atoms with van der Waals surface area (Å²) in [4.78, 5) is 4.24. The van der Waals surface area contributed by atoms with Crippen LogP contribution in [-0.2, 0) is 0 Å². The monoisotopic (exact) mass is 217 g/mol. The van der Waals surface area contributed by atoms with Crippen molar-refractivity contribution in [3.8, 4) is 0 Å². The van der Waals surface area contributed by atoms with Gasteiger partial charge in [-0.2, -0.15) is 0 Å². The van der Waals surface area contributed by atoms with E-state index in [4.69, 9.17) is 6.57 Å². The number of rotatable bonds is 0. The molecule has 0 spiro atoms. The second kappa shape index (κ2) is 3.03. The van der Waals surface area contributed by atoms with Crippen LogP contribution in [0.1, 0.15) is 52.9 Å². The first-order valence-electron chi connectivity index (χ1n) is 6.86. The lowest BCUT2D eigenvalue weighted by Crippen LogP contribution is -2.61. The summed E-state index contributed by atoms with van der Waals surface area (Å²) in [6, 6.07) is 0. The lowest BCUT2D eigenvalue weighted by Gasteiger charge is -2.58. The van der Waals surface area contributed by atoms with Gasteiger partial charge in [0.2, 0.25) is 5.54 Å². The van der Waals surface area contributed by atoms with Crippen LogP contribution in [-0.4, -0.2) is 5.54 Å². The summed E-state index contributed by atoms with van der Waals surface area (Å²) in [6.07, 6.45) is 6.89. The normalized spacial score (nSPS) is 50.4. The van der Waals surface area contributed by atoms with Crippen LogP contribution in [0.25, 0.3) is 4.85 Å². The highest BCUT2D eigenvalue weighted by atomic mass is 14.9. The molecule has 0 saturated heterocycles. The third-order valence-electron chi connectivity index (χ3n) is 5.77. The van der Waals surface area contributed by atoms with Gasteiger partial charge in [0.25, 0.3) is 0 Å². The van der Waals surface area contributed by atoms with Crippen molar-refractivity contribution in [2.75, 3.05) is 0 Å². The third-order valence-corrected chi connectivity index (χ3v) is 5.77. The van der Waals surface area contributed by atoms with E-state index >= 15 is 0 Å². The van der Waals surface area contributed by atoms with Crippen LogP contribution in [0.2, 0.25) is 0 Å². The molecule has 0 heterocycles. The minimum atomic E-state index is -0.0274. The first-order valence-corrected chi connectivity index (χ1v) is 6.86. The molecule has 0 atom stereocenters. The molecular weight excluding hydrogens is 194 g/mol. The van der Waals surface area contributed by atoms with E-state index in [9.17, 15) is 0 Å². The van der Waals surface area contributed by atoms with Gasteiger partial charge in [0, 0.05) is 17.3 Å². The van der Waals surface area contributed by atoms with Gasteiger partial charge in [0.15, 0.2) is 0 Å². The molecule has 4 aliphatic rings. The van der Waals surface area contributed by atoms with Crippen molar-refractivity contribution in [3.63, 3.8) is 0 Å². The standard InChI is InChI=1S/C15H23N/c1-14(2,3)15(16-4)12-6-10-5-11(8-12)9-13(15)7-10/h10-13H,5-9H2,1-3H3. The highest BCUT2D eigenvalue weighted by Gasteiger charge is 2.67. The fourth-order valence-corrected chi connectivity index (χ4v) is 5.48. The average Bonchev–Trinajstić information content (AvgIpc) is 2.14. The van der Waals surface area contributed by atoms with E-state index in [-0.39, 0.29) is 11.0 Å². The first kappa shape index (κ1) is 10.6. The molecule has 4 aliphatic carbocycles. The average molecular weight is 217 g/mol. The minimum Gasteiger partial charge on any atom is -0.309 e. The van der Waals surface area contributed by atoms with Crippen molar-refractivity contribution < 1.29 is 0 Å². The van der Waals surface area contributed by atoms with Crippen LogP contribution in [0.3, 0.4) is 0 Å². The Hall–Kier alpha value is -0.510. The number of nitrogens with zero attached hydrogens (tertiary/aromatic N) is 1. The molecule has 4 saturated carbocycles. The summed E-state index contributed by atoms with van der Waals surface area (Å²) < 4.78 is 0. The Kier molecular flexibility index (Phi) is 2.01. The maximum Gasteiger partial charge on any atom is 0.242 e. The highest BCUT2D eigenvalue weighted by Crippen LogP contribution is 2.64. The Morgan fingerprint density at radius 3 is 1.69 bits per heavy atom. The number of hydrogen-bond acceptors (Lipinski definition) is 0. The fraction of sp³-hybridized carbons (Fsp3) is 0.933. The zero-order valence-electron chi connectivity index (χ0n) is 10.8. The Labute approximate surface area is 99.4 Å². The highest BCUT2D eigenvalue weighted by molar-refractivity contribution is 5.21. The van der Waals surface area contributed by atoms with Gasteiger partial charge in [-0.1, -0.05) is 20.8 Å². The molecular formula is C15H23N. The van der Waals surface area contributed by atoms with Crippen molar-refractivity contribution in [2.45, 2.75) is 58.4 Å². The van der Waals surface area contributed by atoms with Crippen LogP contribution in [0.4, 0.5) is 0 Å². The Balaban J connectivity index is 2.05. The van der Waals surface area contributed by atoms with E-state index in [1.54, 1.807) is 0 Å². The van der Waals surface area contributed by atoms with Crippen molar-refractivity contribution in [1.29, 1.82) is 0 Å². The molecule has 0 aromatic heterocycles. The van der Waals surface area contributed by atoms with E-state index in [2.05, 4.69) is 25.6 Å². The van der Waals surface area contributed by atoms with Crippen molar-refractivity contribution in [3.05, 3.63) is 11.4 Å². The molecule has 0 amide bonds. The van der Waals surface area contributed by atoms with Gasteiger partial charge in [0.1, 0.15) is 0 Å². The van der Waals surface area contributed by atoms with Crippen LogP contribution in [0.15, 0.2) is 0 Å². The lowest BCUT2D eigenvalue weighted by atomic mass is 9.43. The van der Waals surface area contributed by atoms with Crippen LogP contribution < -0.4 is 0 Å². The van der Waals surface area contributed by atoms with Gasteiger partial charge >= 0.3 is 0 Å².